The molecule has 0 atom stereocenters. The lowest BCUT2D eigenvalue weighted by Crippen LogP contribution is -2.30. The summed E-state index contributed by atoms with van der Waals surface area (Å²) in [6.45, 7) is 9.10. The van der Waals surface area contributed by atoms with Gasteiger partial charge in [-0.15, -0.1) is 0 Å². The summed E-state index contributed by atoms with van der Waals surface area (Å²) in [5.74, 6) is 0.993. The molecule has 1 heterocycles. The van der Waals surface area contributed by atoms with Gasteiger partial charge in [-0.3, -0.25) is 0 Å². The Morgan fingerprint density at radius 3 is 2.80 bits per heavy atom. The number of hydrogen-bond acceptors (Lipinski definition) is 3. The van der Waals surface area contributed by atoms with Crippen LogP contribution < -0.4 is 5.32 Å². The molecule has 0 aliphatic rings. The molecular formula is C15H28ClN3O. The molecule has 0 spiro atoms. The van der Waals surface area contributed by atoms with Gasteiger partial charge >= 0.3 is 0 Å². The number of nitrogens with zero attached hydrogens (tertiary/aromatic N) is 1. The summed E-state index contributed by atoms with van der Waals surface area (Å²) in [5, 5.41) is 4.05. The number of aromatic nitrogens is 2. The van der Waals surface area contributed by atoms with Crippen molar-refractivity contribution in [2.24, 2.45) is 5.41 Å². The van der Waals surface area contributed by atoms with Gasteiger partial charge in [0, 0.05) is 33.2 Å². The number of rotatable bonds is 10. The summed E-state index contributed by atoms with van der Waals surface area (Å²) in [4.78, 5) is 7.68. The number of unbranched alkanes of at least 4 members (excludes halogenated alkanes) is 1. The van der Waals surface area contributed by atoms with E-state index in [9.17, 15) is 0 Å². The van der Waals surface area contributed by atoms with E-state index >= 15 is 0 Å². The van der Waals surface area contributed by atoms with Crippen molar-refractivity contribution < 1.29 is 4.74 Å². The molecule has 5 heteroatoms. The molecule has 1 aromatic rings. The van der Waals surface area contributed by atoms with Crippen LogP contribution in [0, 0.1) is 5.41 Å². The number of nitrogens with one attached hydrogen (secondary N) is 2. The van der Waals surface area contributed by atoms with Gasteiger partial charge in [0.1, 0.15) is 5.82 Å². The summed E-state index contributed by atoms with van der Waals surface area (Å²) in [7, 11) is 1.74. The van der Waals surface area contributed by atoms with Crippen molar-refractivity contribution in [1.82, 2.24) is 15.3 Å². The van der Waals surface area contributed by atoms with E-state index in [1.807, 2.05) is 0 Å². The molecule has 20 heavy (non-hydrogen) atoms. The first-order valence-electron chi connectivity index (χ1n) is 7.41. The Kier molecular flexibility index (Phi) is 7.56. The van der Waals surface area contributed by atoms with Gasteiger partial charge in [0.05, 0.1) is 5.69 Å². The number of hydrogen-bond donors (Lipinski definition) is 2. The Hall–Kier alpha value is -0.580. The maximum atomic E-state index is 6.16. The predicted octanol–water partition coefficient (Wildman–Crippen LogP) is 3.56. The topological polar surface area (TPSA) is 49.9 Å². The number of H-pyrrole nitrogens is 1. The van der Waals surface area contributed by atoms with Crippen LogP contribution in [0.15, 0.2) is 0 Å². The number of imidazole rings is 1. The van der Waals surface area contributed by atoms with Crippen LogP contribution in [0.5, 0.6) is 0 Å². The number of halogens is 1. The van der Waals surface area contributed by atoms with Crippen LogP contribution in [0.4, 0.5) is 0 Å². The van der Waals surface area contributed by atoms with Crippen LogP contribution >= 0.6 is 11.6 Å². The Morgan fingerprint density at radius 2 is 2.15 bits per heavy atom. The molecule has 0 aliphatic carbocycles. The lowest BCUT2D eigenvalue weighted by Gasteiger charge is -2.24. The average Bonchev–Trinajstić information content (AvgIpc) is 2.75. The van der Waals surface area contributed by atoms with Gasteiger partial charge in [0.25, 0.3) is 0 Å². The molecule has 0 bridgehead atoms. The fraction of sp³-hybridized carbons (Fsp3) is 0.800. The zero-order valence-corrected chi connectivity index (χ0v) is 13.9. The number of ether oxygens (including phenoxy) is 1. The lowest BCUT2D eigenvalue weighted by atomic mass is 9.90. The third-order valence-corrected chi connectivity index (χ3v) is 3.75. The maximum Gasteiger partial charge on any atom is 0.151 e. The van der Waals surface area contributed by atoms with E-state index in [1.165, 1.54) is 6.42 Å². The van der Waals surface area contributed by atoms with Gasteiger partial charge in [0.15, 0.2) is 5.15 Å². The van der Waals surface area contributed by atoms with Crippen molar-refractivity contribution in [3.8, 4) is 0 Å². The smallest absolute Gasteiger partial charge is 0.151 e. The third kappa shape index (κ3) is 6.25. The van der Waals surface area contributed by atoms with Crippen molar-refractivity contribution in [3.63, 3.8) is 0 Å². The van der Waals surface area contributed by atoms with E-state index in [4.69, 9.17) is 16.3 Å². The van der Waals surface area contributed by atoms with E-state index in [2.05, 4.69) is 36.1 Å². The first-order valence-corrected chi connectivity index (χ1v) is 7.79. The number of methoxy groups -OCH3 is 1. The zero-order valence-electron chi connectivity index (χ0n) is 13.2. The van der Waals surface area contributed by atoms with Crippen molar-refractivity contribution in [2.45, 2.75) is 53.0 Å². The lowest BCUT2D eigenvalue weighted by molar-refractivity contribution is 0.150. The van der Waals surface area contributed by atoms with Crippen LogP contribution in [-0.4, -0.2) is 30.2 Å². The van der Waals surface area contributed by atoms with Gasteiger partial charge in [-0.05, 0) is 18.3 Å². The molecular weight excluding hydrogens is 274 g/mol. The molecule has 0 fully saturated rings. The minimum atomic E-state index is 0.216. The monoisotopic (exact) mass is 301 g/mol. The molecule has 0 unspecified atom stereocenters. The molecule has 1 aromatic heterocycles. The van der Waals surface area contributed by atoms with Crippen LogP contribution in [-0.2, 0) is 17.7 Å². The molecule has 1 rings (SSSR count). The molecule has 4 nitrogen and oxygen atoms in total. The van der Waals surface area contributed by atoms with Crippen LogP contribution in [0.1, 0.15) is 51.6 Å². The molecule has 0 saturated carbocycles. The quantitative estimate of drug-likeness (QED) is 0.695. The Labute approximate surface area is 127 Å². The summed E-state index contributed by atoms with van der Waals surface area (Å²) < 4.78 is 5.14. The maximum absolute atomic E-state index is 6.16. The van der Waals surface area contributed by atoms with Crippen LogP contribution in [0.3, 0.4) is 0 Å². The normalized spacial score (nSPS) is 12.1. The minimum Gasteiger partial charge on any atom is -0.385 e. The Bertz CT molecular complexity index is 390. The summed E-state index contributed by atoms with van der Waals surface area (Å²) in [6, 6.07) is 0. The number of aromatic amines is 1. The van der Waals surface area contributed by atoms with Gasteiger partial charge in [-0.25, -0.2) is 4.98 Å². The standard InChI is InChI=1S/C15H28ClN3O/c1-5-6-7-13-18-12(14(16)19-13)10-17-11-15(2,3)8-9-20-4/h17H,5-11H2,1-4H3,(H,18,19). The van der Waals surface area contributed by atoms with E-state index in [1.54, 1.807) is 7.11 Å². The molecule has 0 aromatic carbocycles. The first-order chi connectivity index (χ1) is 9.48. The highest BCUT2D eigenvalue weighted by molar-refractivity contribution is 6.30. The van der Waals surface area contributed by atoms with Gasteiger partial charge in [-0.1, -0.05) is 38.8 Å². The van der Waals surface area contributed by atoms with E-state index in [-0.39, 0.29) is 5.41 Å². The van der Waals surface area contributed by atoms with Crippen molar-refractivity contribution in [1.29, 1.82) is 0 Å². The Balaban J connectivity index is 2.39. The molecule has 116 valence electrons. The second-order valence-electron chi connectivity index (χ2n) is 6.07. The molecule has 0 saturated heterocycles. The second-order valence-corrected chi connectivity index (χ2v) is 6.42. The summed E-state index contributed by atoms with van der Waals surface area (Å²) in [5.41, 5.74) is 1.20. The SMILES string of the molecule is CCCCc1nc(Cl)c(CNCC(C)(C)CCOC)[nH]1. The zero-order chi connectivity index (χ0) is 15.0. The van der Waals surface area contributed by atoms with Crippen molar-refractivity contribution >= 4 is 11.6 Å². The fourth-order valence-electron chi connectivity index (χ4n) is 2.01. The summed E-state index contributed by atoms with van der Waals surface area (Å²) in [6.07, 6.45) is 4.31. The van der Waals surface area contributed by atoms with E-state index in [0.29, 0.717) is 5.15 Å². The van der Waals surface area contributed by atoms with Crippen LogP contribution in [0.2, 0.25) is 5.15 Å². The predicted molar refractivity (Wildman–Crippen MR) is 84.2 cm³/mol. The van der Waals surface area contributed by atoms with Crippen molar-refractivity contribution in [3.05, 3.63) is 16.7 Å². The average molecular weight is 302 g/mol. The van der Waals surface area contributed by atoms with Gasteiger partial charge in [-0.2, -0.15) is 0 Å². The van der Waals surface area contributed by atoms with Gasteiger partial charge in [0.2, 0.25) is 0 Å². The third-order valence-electron chi connectivity index (χ3n) is 3.43. The highest BCUT2D eigenvalue weighted by Gasteiger charge is 2.17. The largest absolute Gasteiger partial charge is 0.385 e. The van der Waals surface area contributed by atoms with Gasteiger partial charge < -0.3 is 15.0 Å². The van der Waals surface area contributed by atoms with Crippen molar-refractivity contribution in [2.75, 3.05) is 20.3 Å². The highest BCUT2D eigenvalue weighted by atomic mass is 35.5. The molecule has 2 N–H and O–H groups in total. The number of aryl methyl sites for hydroxylation is 1. The molecule has 0 aliphatic heterocycles. The fourth-order valence-corrected chi connectivity index (χ4v) is 2.23. The molecule has 0 amide bonds. The van der Waals surface area contributed by atoms with Crippen LogP contribution in [0.25, 0.3) is 0 Å². The summed E-state index contributed by atoms with van der Waals surface area (Å²) >= 11 is 6.16. The second kappa shape index (κ2) is 8.65. The highest BCUT2D eigenvalue weighted by Crippen LogP contribution is 2.19. The minimum absolute atomic E-state index is 0.216. The Morgan fingerprint density at radius 1 is 1.40 bits per heavy atom. The first kappa shape index (κ1) is 17.5. The van der Waals surface area contributed by atoms with E-state index < -0.39 is 0 Å². The van der Waals surface area contributed by atoms with E-state index in [0.717, 1.165) is 50.5 Å². The molecule has 0 radical (unpaired) electrons.